The smallest absolute Gasteiger partial charge is 0.202 e. The molecule has 8 saturated carbocycles. The second-order valence-electron chi connectivity index (χ2n) is 41.0. The standard InChI is InChI=1S/2C31H40O4S.2C26H38O3/c2*1-21(12-13-22(2)36(34,35)27-10-6-5-7-11-27)28-16-17-29-24(9-8-18-31(28,29)4)14-15-25-19-26(32)20-30(33)23(25)3;2*1-17(8-9-18(2)29-5)23-12-13-24-20(7-6-14-26(23,24)4)10-11-21-15-22(27)16-25(28)19(21)3/h2*5-7,10-11,13-16,21,26,29-30,32-33H,3,8-9,12,17-20H2,1-2,4H3;2*9-12,17,22,24-25,27-28H,3,6-8,13-16H2,1-2,4-5H3/b2*22-13-,24-14+,25-15-;2*18-9-,20-10+,21-11-/t21-,26+,29+,30-,31-;21-,26-,29+,30+,31-;17-,22+,24+,25-,26-;17-,22-,24+,25+,26-/m1111/s1. The number of aliphatic hydroxyl groups excluding tert-OH is 8. The molecule has 16 heteroatoms. The number of allylic oxidation sites excluding steroid dienone is 28. The summed E-state index contributed by atoms with van der Waals surface area (Å²) in [6.45, 7) is 42.4. The lowest BCUT2D eigenvalue weighted by Gasteiger charge is -2.42. The first-order valence-electron chi connectivity index (χ1n) is 48.6. The van der Waals surface area contributed by atoms with Gasteiger partial charge in [0.15, 0.2) is 0 Å². The Morgan fingerprint density at radius 2 is 0.592 bits per heavy atom. The topological polar surface area (TPSA) is 249 Å². The van der Waals surface area contributed by atoms with Gasteiger partial charge in [-0.05, 0) is 332 Å². The second-order valence-corrected chi connectivity index (χ2v) is 45.2. The minimum Gasteiger partial charge on any atom is -0.502 e. The fraction of sp³-hybridized carbons (Fsp3) is 0.544. The number of hydrogen-bond donors (Lipinski definition) is 8. The maximum absolute atomic E-state index is 12.9. The van der Waals surface area contributed by atoms with Crippen molar-refractivity contribution in [1.29, 1.82) is 0 Å². The van der Waals surface area contributed by atoms with Crippen LogP contribution in [0.15, 0.2) is 304 Å². The molecule has 12 aliphatic carbocycles. The van der Waals surface area contributed by atoms with Crippen LogP contribution in [-0.4, -0.2) is 121 Å². The summed E-state index contributed by atoms with van der Waals surface area (Å²) in [6.07, 6.45) is 56.0. The Morgan fingerprint density at radius 3 is 0.815 bits per heavy atom. The molecule has 0 aliphatic heterocycles. The van der Waals surface area contributed by atoms with Crippen molar-refractivity contribution in [2.75, 3.05) is 14.2 Å². The predicted octanol–water partition coefficient (Wildman–Crippen LogP) is 24.2. The molecule has 0 aromatic heterocycles. The quantitative estimate of drug-likeness (QED) is 0.0404. The predicted molar refractivity (Wildman–Crippen MR) is 530 cm³/mol. The molecule has 14 nitrogen and oxygen atoms in total. The maximum atomic E-state index is 12.9. The molecule has 708 valence electrons. The summed E-state index contributed by atoms with van der Waals surface area (Å²) in [5.41, 5.74) is 19.5. The molecule has 0 heterocycles. The number of aliphatic hydroxyl groups is 8. The summed E-state index contributed by atoms with van der Waals surface area (Å²) in [5, 5.41) is 80.8. The van der Waals surface area contributed by atoms with Crippen LogP contribution in [-0.2, 0) is 29.1 Å². The average molecular weight is 1810 g/mol. The Balaban J connectivity index is 0.000000168. The molecule has 0 radical (unpaired) electrons. The first-order valence-corrected chi connectivity index (χ1v) is 51.5. The number of sulfone groups is 2. The molecule has 2 aromatic carbocycles. The van der Waals surface area contributed by atoms with Gasteiger partial charge in [0.25, 0.3) is 0 Å². The van der Waals surface area contributed by atoms with E-state index in [1.165, 1.54) is 59.1 Å². The van der Waals surface area contributed by atoms with Crippen molar-refractivity contribution in [3.05, 3.63) is 295 Å². The van der Waals surface area contributed by atoms with Gasteiger partial charge < -0.3 is 50.3 Å². The third-order valence-corrected chi connectivity index (χ3v) is 36.1. The van der Waals surface area contributed by atoms with Crippen LogP contribution in [0.1, 0.15) is 263 Å². The Kier molecular flexibility index (Phi) is 35.4. The van der Waals surface area contributed by atoms with Crippen molar-refractivity contribution >= 4 is 19.7 Å². The summed E-state index contributed by atoms with van der Waals surface area (Å²) in [4.78, 5) is 1.51. The zero-order valence-electron chi connectivity index (χ0n) is 80.7. The molecule has 0 unspecified atom stereocenters. The van der Waals surface area contributed by atoms with Gasteiger partial charge in [-0.25, -0.2) is 16.8 Å². The summed E-state index contributed by atoms with van der Waals surface area (Å²) >= 11 is 0. The second kappa shape index (κ2) is 44.7. The number of hydrogen-bond acceptors (Lipinski definition) is 14. The molecule has 14 rings (SSSR count). The van der Waals surface area contributed by atoms with E-state index in [-0.39, 0.29) is 33.5 Å². The van der Waals surface area contributed by atoms with Gasteiger partial charge in [0.1, 0.15) is 0 Å². The Morgan fingerprint density at radius 1 is 0.369 bits per heavy atom. The van der Waals surface area contributed by atoms with Crippen molar-refractivity contribution in [3.63, 3.8) is 0 Å². The van der Waals surface area contributed by atoms with E-state index in [9.17, 15) is 57.7 Å². The summed E-state index contributed by atoms with van der Waals surface area (Å²) in [5.74, 6) is 5.55. The lowest BCUT2D eigenvalue weighted by molar-refractivity contribution is 0.0856. The molecular weight excluding hydrogens is 1660 g/mol. The molecule has 0 bridgehead atoms. The van der Waals surface area contributed by atoms with E-state index in [2.05, 4.69) is 167 Å². The minimum absolute atomic E-state index is 0.0741. The highest BCUT2D eigenvalue weighted by atomic mass is 32.2. The summed E-state index contributed by atoms with van der Waals surface area (Å²) in [7, 11) is -3.44. The van der Waals surface area contributed by atoms with Gasteiger partial charge in [0.05, 0.1) is 84.4 Å². The average Bonchev–Trinajstić information content (AvgIpc) is 1.61. The van der Waals surface area contributed by atoms with Crippen molar-refractivity contribution in [3.8, 4) is 0 Å². The molecule has 12 aliphatic rings. The summed E-state index contributed by atoms with van der Waals surface area (Å²) < 4.78 is 62.3. The van der Waals surface area contributed by atoms with Gasteiger partial charge in [0, 0.05) is 35.5 Å². The highest BCUT2D eigenvalue weighted by Gasteiger charge is 2.50. The van der Waals surface area contributed by atoms with Gasteiger partial charge in [0.2, 0.25) is 19.7 Å². The number of ether oxygens (including phenoxy) is 2. The fourth-order valence-corrected chi connectivity index (χ4v) is 26.6. The lowest BCUT2D eigenvalue weighted by atomic mass is 9.62. The molecule has 20 atom stereocenters. The van der Waals surface area contributed by atoms with E-state index in [1.54, 1.807) is 87.7 Å². The zero-order chi connectivity index (χ0) is 94.5. The molecule has 130 heavy (non-hydrogen) atoms. The maximum Gasteiger partial charge on any atom is 0.202 e. The van der Waals surface area contributed by atoms with Gasteiger partial charge >= 0.3 is 0 Å². The van der Waals surface area contributed by atoms with Crippen molar-refractivity contribution < 1.29 is 67.2 Å². The number of fused-ring (bicyclic) bond motifs is 4. The van der Waals surface area contributed by atoms with E-state index in [0.29, 0.717) is 119 Å². The van der Waals surface area contributed by atoms with E-state index in [4.69, 9.17) is 9.47 Å². The van der Waals surface area contributed by atoms with Gasteiger partial charge in [-0.1, -0.05) is 248 Å². The normalized spacial score (nSPS) is 34.4. The van der Waals surface area contributed by atoms with E-state index in [0.717, 1.165) is 146 Å². The minimum atomic E-state index is -3.45. The molecular formula is C114H156O14S2. The third kappa shape index (κ3) is 23.8. The van der Waals surface area contributed by atoms with Crippen LogP contribution in [0.3, 0.4) is 0 Å². The van der Waals surface area contributed by atoms with E-state index < -0.39 is 68.5 Å². The molecule has 0 spiro atoms. The molecule has 0 saturated heterocycles. The zero-order valence-corrected chi connectivity index (χ0v) is 82.4. The molecule has 0 amide bonds. The van der Waals surface area contributed by atoms with Crippen molar-refractivity contribution in [1.82, 2.24) is 0 Å². The first kappa shape index (κ1) is 103. The Bertz CT molecular complexity index is 4890. The van der Waals surface area contributed by atoms with Crippen molar-refractivity contribution in [2.45, 2.75) is 321 Å². The monoisotopic (exact) mass is 1810 g/mol. The Labute approximate surface area is 781 Å². The third-order valence-electron chi connectivity index (χ3n) is 32.3. The summed E-state index contributed by atoms with van der Waals surface area (Å²) in [6, 6.07) is 17.3. The Hall–Kier alpha value is -7.58. The van der Waals surface area contributed by atoms with Crippen LogP contribution in [0, 0.1) is 69.0 Å². The molecule has 2 aromatic rings. The number of benzene rings is 2. The van der Waals surface area contributed by atoms with Gasteiger partial charge in [-0.3, -0.25) is 0 Å². The van der Waals surface area contributed by atoms with E-state index in [1.807, 2.05) is 38.1 Å². The van der Waals surface area contributed by atoms with Crippen LogP contribution in [0.5, 0.6) is 0 Å². The lowest BCUT2D eigenvalue weighted by Crippen LogP contribution is -2.32. The van der Waals surface area contributed by atoms with Crippen LogP contribution < -0.4 is 0 Å². The highest BCUT2D eigenvalue weighted by Crippen LogP contribution is 2.62. The highest BCUT2D eigenvalue weighted by molar-refractivity contribution is 7.95. The molecule has 8 N–H and O–H groups in total. The van der Waals surface area contributed by atoms with Crippen LogP contribution in [0.25, 0.3) is 0 Å². The fourth-order valence-electron chi connectivity index (χ4n) is 24.2. The van der Waals surface area contributed by atoms with E-state index >= 15 is 0 Å². The largest absolute Gasteiger partial charge is 0.502 e. The van der Waals surface area contributed by atoms with Crippen LogP contribution in [0.2, 0.25) is 0 Å². The first-order chi connectivity index (χ1) is 61.6. The van der Waals surface area contributed by atoms with Crippen LogP contribution >= 0.6 is 0 Å². The van der Waals surface area contributed by atoms with Gasteiger partial charge in [-0.2, -0.15) is 0 Å². The SMILES string of the molecule is C=C1/C(=C\C=C2/CCC[C@]3(C)C([C@H](C)C/C=C(/C)OC)=CC[C@@H]23)C[C@@H](O)C[C@@H]1O.C=C1/C(=C\C=C2/CCC[C@]3(C)C([C@H](C)C/C=C(/C)OC)=CC[C@@H]23)C[C@H](O)C[C@H]1O.C=C1/C(=C\C=C2/CCC[C@]3(C)C([C@H](C)C/C=C(/C)S(=O)(=O)c4ccccc4)=CC[C@@H]23)C[C@@H](O)C[C@@H]1O.C=C1/C(=C\C=C2/CCC[C@]3(C)C([C@H](C)C/C=C(/C)S(=O)(=O)c4ccccc4)=CC[C@@H]23)C[C@H](O)C[C@H]1O. The van der Waals surface area contributed by atoms with Crippen LogP contribution in [0.4, 0.5) is 0 Å². The number of methoxy groups -OCH3 is 2. The van der Waals surface area contributed by atoms with Crippen molar-refractivity contribution in [2.24, 2.45) is 69.0 Å². The van der Waals surface area contributed by atoms with Gasteiger partial charge in [-0.15, -0.1) is 0 Å². The number of rotatable bonds is 22. The molecule has 8 fully saturated rings.